The normalized spacial score (nSPS) is 20.2. The summed E-state index contributed by atoms with van der Waals surface area (Å²) in [6.07, 6.45) is 2.08. The lowest BCUT2D eigenvalue weighted by atomic mass is 9.88. The summed E-state index contributed by atoms with van der Waals surface area (Å²) in [6, 6.07) is 11.2. The van der Waals surface area contributed by atoms with E-state index in [2.05, 4.69) is 15.0 Å². The van der Waals surface area contributed by atoms with Gasteiger partial charge < -0.3 is 24.9 Å². The average molecular weight is 621 g/mol. The van der Waals surface area contributed by atoms with Gasteiger partial charge in [0.05, 0.1) is 17.1 Å². The summed E-state index contributed by atoms with van der Waals surface area (Å²) in [6.45, 7) is 3.00. The van der Waals surface area contributed by atoms with Gasteiger partial charge in [-0.1, -0.05) is 12.1 Å². The van der Waals surface area contributed by atoms with E-state index in [-0.39, 0.29) is 42.1 Å². The number of aromatic amines is 1. The minimum Gasteiger partial charge on any atom is -0.491 e. The maximum absolute atomic E-state index is 13.4. The van der Waals surface area contributed by atoms with Crippen molar-refractivity contribution in [1.82, 2.24) is 19.3 Å². The van der Waals surface area contributed by atoms with Crippen molar-refractivity contribution in [3.63, 3.8) is 0 Å². The molecule has 1 aromatic heterocycles. The summed E-state index contributed by atoms with van der Waals surface area (Å²) in [5.74, 6) is 0.330. The highest BCUT2D eigenvalue weighted by atomic mass is 32.2. The molecule has 0 amide bonds. The molecule has 1 unspecified atom stereocenters. The molecule has 14 heteroatoms. The number of aromatic nitrogens is 1. The minimum atomic E-state index is -3.98. The number of aliphatic hydroxyl groups is 1. The Bertz CT molecular complexity index is 1720. The van der Waals surface area contributed by atoms with Crippen molar-refractivity contribution in [3.8, 4) is 5.75 Å². The third-order valence-electron chi connectivity index (χ3n) is 7.93. The highest BCUT2D eigenvalue weighted by Gasteiger charge is 2.45. The van der Waals surface area contributed by atoms with E-state index < -0.39 is 37.2 Å². The molecule has 3 aromatic rings. The van der Waals surface area contributed by atoms with Crippen molar-refractivity contribution < 1.29 is 31.4 Å². The zero-order valence-corrected chi connectivity index (χ0v) is 25.1. The Morgan fingerprint density at radius 2 is 1.93 bits per heavy atom. The average Bonchev–Trinajstić information content (AvgIpc) is 3.37. The van der Waals surface area contributed by atoms with E-state index in [9.17, 15) is 26.7 Å². The van der Waals surface area contributed by atoms with Crippen molar-refractivity contribution in [2.75, 3.05) is 39.9 Å². The lowest BCUT2D eigenvalue weighted by molar-refractivity contribution is -0.0312. The van der Waals surface area contributed by atoms with Gasteiger partial charge in [0, 0.05) is 48.8 Å². The molecule has 0 aliphatic carbocycles. The van der Waals surface area contributed by atoms with Gasteiger partial charge in [0.15, 0.2) is 0 Å². The fourth-order valence-electron chi connectivity index (χ4n) is 5.51. The first-order valence-electron chi connectivity index (χ1n) is 13.8. The lowest BCUT2D eigenvalue weighted by Gasteiger charge is -2.37. The van der Waals surface area contributed by atoms with E-state index in [1.54, 1.807) is 24.3 Å². The number of H-pyrrole nitrogens is 1. The Morgan fingerprint density at radius 1 is 1.17 bits per heavy atom. The van der Waals surface area contributed by atoms with Crippen LogP contribution in [0.1, 0.15) is 24.8 Å². The number of hydrogen-bond donors (Lipinski definition) is 4. The summed E-state index contributed by atoms with van der Waals surface area (Å²) < 4.78 is 66.1. The molecule has 2 fully saturated rings. The number of aryl methyl sites for hydroxylation is 1. The van der Waals surface area contributed by atoms with Crippen LogP contribution >= 0.6 is 0 Å². The van der Waals surface area contributed by atoms with E-state index in [4.69, 9.17) is 9.47 Å². The van der Waals surface area contributed by atoms with E-state index >= 15 is 0 Å². The van der Waals surface area contributed by atoms with Crippen LogP contribution in [0.2, 0.25) is 0 Å². The highest BCUT2D eigenvalue weighted by molar-refractivity contribution is 7.89. The van der Waals surface area contributed by atoms with Gasteiger partial charge in [0.25, 0.3) is 0 Å². The summed E-state index contributed by atoms with van der Waals surface area (Å²) >= 11 is 0. The summed E-state index contributed by atoms with van der Waals surface area (Å²) in [5, 5.41) is 14.1. The molecule has 0 bridgehead atoms. The molecule has 2 saturated heterocycles. The van der Waals surface area contributed by atoms with Crippen LogP contribution in [-0.2, 0) is 24.8 Å². The predicted molar refractivity (Wildman–Crippen MR) is 157 cm³/mol. The first-order chi connectivity index (χ1) is 19.9. The number of nitrogens with one attached hydrogen (secondary N) is 3. The molecule has 2 atom stereocenters. The van der Waals surface area contributed by atoms with Crippen molar-refractivity contribution in [2.24, 2.45) is 0 Å². The molecule has 4 N–H and O–H groups in total. The molecule has 2 aliphatic heterocycles. The van der Waals surface area contributed by atoms with Crippen molar-refractivity contribution >= 4 is 30.9 Å². The van der Waals surface area contributed by atoms with Crippen LogP contribution in [-0.4, -0.2) is 88.9 Å². The van der Waals surface area contributed by atoms with Crippen LogP contribution in [0, 0.1) is 6.92 Å². The molecule has 0 radical (unpaired) electrons. The molecular weight excluding hydrogens is 584 g/mol. The number of ether oxygens (including phenoxy) is 2. The SMILES string of the molecule is CNS(=O)(=O)c1cccc(OC[C@@H](O)CNC2COC3(CCN(S(=O)(=O)c4c[nH]c5cc(C)ccc5c4=O)CC3)C2)c1. The van der Waals surface area contributed by atoms with Gasteiger partial charge in [-0.2, -0.15) is 4.31 Å². The topological polar surface area (TPSA) is 167 Å². The summed E-state index contributed by atoms with van der Waals surface area (Å²) in [5.41, 5.74) is 0.578. The Hall–Kier alpha value is -2.85. The van der Waals surface area contributed by atoms with Crippen LogP contribution in [0.25, 0.3) is 10.9 Å². The number of benzene rings is 2. The second kappa shape index (κ2) is 12.0. The van der Waals surface area contributed by atoms with Gasteiger partial charge in [-0.15, -0.1) is 0 Å². The minimum absolute atomic E-state index is 0.0290. The van der Waals surface area contributed by atoms with E-state index in [0.29, 0.717) is 42.5 Å². The van der Waals surface area contributed by atoms with Crippen molar-refractivity contribution in [2.45, 2.75) is 53.7 Å². The quantitative estimate of drug-likeness (QED) is 0.259. The number of hydrogen-bond acceptors (Lipinski definition) is 9. The molecule has 2 aliphatic rings. The Labute approximate surface area is 245 Å². The Morgan fingerprint density at radius 3 is 2.67 bits per heavy atom. The van der Waals surface area contributed by atoms with Crippen LogP contribution < -0.4 is 20.2 Å². The van der Waals surface area contributed by atoms with Gasteiger partial charge >= 0.3 is 0 Å². The first-order valence-corrected chi connectivity index (χ1v) is 16.7. The van der Waals surface area contributed by atoms with E-state index in [1.165, 1.54) is 29.7 Å². The number of piperidine rings is 1. The van der Waals surface area contributed by atoms with Gasteiger partial charge in [0.1, 0.15) is 23.4 Å². The van der Waals surface area contributed by atoms with Gasteiger partial charge in [0.2, 0.25) is 25.5 Å². The Balaban J connectivity index is 1.12. The molecule has 3 heterocycles. The van der Waals surface area contributed by atoms with Crippen molar-refractivity contribution in [3.05, 3.63) is 64.4 Å². The fraction of sp³-hybridized carbons (Fsp3) is 0.464. The second-order valence-corrected chi connectivity index (χ2v) is 14.7. The maximum atomic E-state index is 13.4. The first kappa shape index (κ1) is 30.6. The second-order valence-electron chi connectivity index (χ2n) is 10.9. The van der Waals surface area contributed by atoms with Gasteiger partial charge in [-0.05, 0) is 63.1 Å². The van der Waals surface area contributed by atoms with Gasteiger partial charge in [-0.3, -0.25) is 4.79 Å². The third kappa shape index (κ3) is 6.39. The van der Waals surface area contributed by atoms with Crippen LogP contribution in [0.3, 0.4) is 0 Å². The zero-order chi connectivity index (χ0) is 30.1. The van der Waals surface area contributed by atoms with Crippen LogP contribution in [0.5, 0.6) is 5.75 Å². The van der Waals surface area contributed by atoms with E-state index in [0.717, 1.165) is 5.56 Å². The third-order valence-corrected chi connectivity index (χ3v) is 11.2. The van der Waals surface area contributed by atoms with Crippen molar-refractivity contribution in [1.29, 1.82) is 0 Å². The largest absolute Gasteiger partial charge is 0.491 e. The van der Waals surface area contributed by atoms with Crippen LogP contribution in [0.15, 0.2) is 63.2 Å². The molecule has 2 aromatic carbocycles. The number of rotatable bonds is 10. The fourth-order valence-corrected chi connectivity index (χ4v) is 7.77. The summed E-state index contributed by atoms with van der Waals surface area (Å²) in [7, 11) is -6.26. The highest BCUT2D eigenvalue weighted by Crippen LogP contribution is 2.37. The number of sulfonamides is 2. The molecule has 42 heavy (non-hydrogen) atoms. The Kier molecular flexibility index (Phi) is 8.77. The summed E-state index contributed by atoms with van der Waals surface area (Å²) in [4.78, 5) is 15.8. The smallest absolute Gasteiger partial charge is 0.248 e. The van der Waals surface area contributed by atoms with E-state index in [1.807, 2.05) is 13.0 Å². The molecule has 12 nitrogen and oxygen atoms in total. The number of fused-ring (bicyclic) bond motifs is 1. The van der Waals surface area contributed by atoms with Gasteiger partial charge in [-0.25, -0.2) is 21.6 Å². The molecule has 5 rings (SSSR count). The zero-order valence-electron chi connectivity index (χ0n) is 23.5. The molecule has 0 saturated carbocycles. The predicted octanol–water partition coefficient (Wildman–Crippen LogP) is 1.09. The number of nitrogens with zero attached hydrogens (tertiary/aromatic N) is 1. The van der Waals surface area contributed by atoms with Crippen LogP contribution in [0.4, 0.5) is 0 Å². The lowest BCUT2D eigenvalue weighted by Crippen LogP contribution is -2.47. The molecule has 228 valence electrons. The number of pyridine rings is 1. The number of aliphatic hydroxyl groups excluding tert-OH is 1. The maximum Gasteiger partial charge on any atom is 0.248 e. The standard InChI is InChI=1S/C28H36N4O8S2/c1-19-6-7-24-25(12-19)31-16-26(27(24)34)42(37,38)32-10-8-28(9-11-32)14-20(17-40-28)30-15-21(33)18-39-22-4-3-5-23(13-22)41(35,36)29-2/h3-7,12-13,16,20-21,29-30,33H,8-11,14-15,17-18H2,1-2H3,(H,31,34)/t20?,21-/m0/s1. The molecular formula is C28H36N4O8S2. The molecule has 1 spiro atoms. The monoisotopic (exact) mass is 620 g/mol.